The Balaban J connectivity index is 1.82. The molecule has 0 amide bonds. The maximum atomic E-state index is 14.7. The summed E-state index contributed by atoms with van der Waals surface area (Å²) in [6.45, 7) is 4.60. The molecule has 1 fully saturated rings. The Bertz CT molecular complexity index is 779. The first kappa shape index (κ1) is 19.9. The van der Waals surface area contributed by atoms with Crippen molar-refractivity contribution in [2.75, 3.05) is 6.61 Å². The van der Waals surface area contributed by atoms with E-state index in [1.165, 1.54) is 6.07 Å². The summed E-state index contributed by atoms with van der Waals surface area (Å²) in [5.41, 5.74) is 1.43. The highest BCUT2D eigenvalue weighted by Crippen LogP contribution is 2.34. The average molecular weight is 376 g/mol. The fourth-order valence-corrected chi connectivity index (χ4v) is 3.77. The number of benzene rings is 2. The highest BCUT2D eigenvalue weighted by atomic mass is 19.2. The summed E-state index contributed by atoms with van der Waals surface area (Å²) < 4.78 is 49.3. The third-order valence-corrected chi connectivity index (χ3v) is 5.54. The molecule has 0 radical (unpaired) electrons. The first-order valence-electron chi connectivity index (χ1n) is 9.93. The van der Waals surface area contributed by atoms with Crippen molar-refractivity contribution in [1.82, 2.24) is 0 Å². The third-order valence-electron chi connectivity index (χ3n) is 5.54. The highest BCUT2D eigenvalue weighted by Gasteiger charge is 2.24. The summed E-state index contributed by atoms with van der Waals surface area (Å²) >= 11 is 0. The maximum Gasteiger partial charge on any atom is 0.166 e. The molecule has 0 bridgehead atoms. The van der Waals surface area contributed by atoms with Crippen molar-refractivity contribution in [1.29, 1.82) is 0 Å². The lowest BCUT2D eigenvalue weighted by atomic mass is 9.89. The Labute approximate surface area is 159 Å². The van der Waals surface area contributed by atoms with E-state index in [0.29, 0.717) is 29.7 Å². The molecule has 2 unspecified atom stereocenters. The zero-order valence-corrected chi connectivity index (χ0v) is 16.0. The van der Waals surface area contributed by atoms with Crippen molar-refractivity contribution < 1.29 is 17.9 Å². The summed E-state index contributed by atoms with van der Waals surface area (Å²) in [5.74, 6) is -2.09. The summed E-state index contributed by atoms with van der Waals surface area (Å²) in [6, 6.07) is 7.83. The van der Waals surface area contributed by atoms with Crippen LogP contribution < -0.4 is 0 Å². The van der Waals surface area contributed by atoms with Crippen LogP contribution in [0.1, 0.15) is 63.0 Å². The largest absolute Gasteiger partial charge is 0.378 e. The summed E-state index contributed by atoms with van der Waals surface area (Å²) in [6.07, 6.45) is 5.25. The van der Waals surface area contributed by atoms with E-state index >= 15 is 0 Å². The smallest absolute Gasteiger partial charge is 0.166 e. The van der Waals surface area contributed by atoms with Gasteiger partial charge in [-0.25, -0.2) is 13.2 Å². The Morgan fingerprint density at radius 2 is 1.81 bits per heavy atom. The Hall–Kier alpha value is -1.81. The first-order valence-corrected chi connectivity index (χ1v) is 9.93. The Morgan fingerprint density at radius 3 is 2.44 bits per heavy atom. The second kappa shape index (κ2) is 8.92. The molecule has 27 heavy (non-hydrogen) atoms. The van der Waals surface area contributed by atoms with Crippen LogP contribution in [0, 0.1) is 17.5 Å². The van der Waals surface area contributed by atoms with Gasteiger partial charge in [0.15, 0.2) is 11.6 Å². The predicted molar refractivity (Wildman–Crippen MR) is 102 cm³/mol. The van der Waals surface area contributed by atoms with Gasteiger partial charge in [-0.1, -0.05) is 44.5 Å². The van der Waals surface area contributed by atoms with E-state index in [1.807, 2.05) is 6.92 Å². The van der Waals surface area contributed by atoms with E-state index in [2.05, 4.69) is 6.92 Å². The van der Waals surface area contributed by atoms with Crippen LogP contribution in [0.15, 0.2) is 30.3 Å². The molecule has 146 valence electrons. The van der Waals surface area contributed by atoms with Crippen molar-refractivity contribution in [2.45, 2.75) is 64.4 Å². The van der Waals surface area contributed by atoms with Crippen LogP contribution in [0.4, 0.5) is 13.2 Å². The van der Waals surface area contributed by atoms with Crippen molar-refractivity contribution in [3.8, 4) is 11.1 Å². The second-order valence-electron chi connectivity index (χ2n) is 7.38. The molecule has 2 atom stereocenters. The van der Waals surface area contributed by atoms with Crippen LogP contribution in [0.3, 0.4) is 0 Å². The predicted octanol–water partition coefficient (Wildman–Crippen LogP) is 6.79. The van der Waals surface area contributed by atoms with Crippen LogP contribution in [-0.2, 0) is 11.2 Å². The molecule has 1 nitrogen and oxygen atoms in total. The number of halogens is 3. The van der Waals surface area contributed by atoms with Crippen LogP contribution in [-0.4, -0.2) is 12.7 Å². The van der Waals surface area contributed by atoms with Gasteiger partial charge >= 0.3 is 0 Å². The topological polar surface area (TPSA) is 9.23 Å². The number of unbranched alkanes of at least 4 members (excludes halogenated alkanes) is 1. The molecule has 1 aliphatic heterocycles. The van der Waals surface area contributed by atoms with Gasteiger partial charge in [-0.15, -0.1) is 0 Å². The fraction of sp³-hybridized carbons (Fsp3) is 0.478. The monoisotopic (exact) mass is 376 g/mol. The van der Waals surface area contributed by atoms with E-state index in [9.17, 15) is 13.2 Å². The molecular weight excluding hydrogens is 349 g/mol. The van der Waals surface area contributed by atoms with E-state index < -0.39 is 11.6 Å². The standard InChI is InChI=1S/C23H27F3O/c1-3-5-6-15-8-12-20(23(26)22(15)25)16-9-11-19(21(24)13-16)17-7-10-18(4-2)27-14-17/h8-9,11-13,17-18H,3-7,10,14H2,1-2H3. The average Bonchev–Trinajstić information content (AvgIpc) is 2.69. The first-order chi connectivity index (χ1) is 13.0. The minimum Gasteiger partial charge on any atom is -0.378 e. The molecule has 1 aliphatic rings. The van der Waals surface area contributed by atoms with Gasteiger partial charge in [0.1, 0.15) is 5.82 Å². The minimum absolute atomic E-state index is 0.0138. The number of aryl methyl sites for hydroxylation is 1. The minimum atomic E-state index is -0.900. The second-order valence-corrected chi connectivity index (χ2v) is 7.38. The molecule has 0 aromatic heterocycles. The van der Waals surface area contributed by atoms with Gasteiger partial charge < -0.3 is 4.74 Å². The van der Waals surface area contributed by atoms with Crippen LogP contribution >= 0.6 is 0 Å². The molecule has 0 aliphatic carbocycles. The molecule has 4 heteroatoms. The van der Waals surface area contributed by atoms with Crippen LogP contribution in [0.5, 0.6) is 0 Å². The van der Waals surface area contributed by atoms with Gasteiger partial charge in [-0.05, 0) is 54.9 Å². The van der Waals surface area contributed by atoms with Crippen LogP contribution in [0.2, 0.25) is 0 Å². The molecular formula is C23H27F3O. The van der Waals surface area contributed by atoms with Crippen molar-refractivity contribution in [3.63, 3.8) is 0 Å². The molecule has 2 aromatic rings. The summed E-state index contributed by atoms with van der Waals surface area (Å²) in [5, 5.41) is 0. The number of hydrogen-bond donors (Lipinski definition) is 0. The lowest BCUT2D eigenvalue weighted by molar-refractivity contribution is 0.00141. The Morgan fingerprint density at radius 1 is 1.00 bits per heavy atom. The van der Waals surface area contributed by atoms with Gasteiger partial charge in [-0.2, -0.15) is 0 Å². The normalized spacial score (nSPS) is 20.0. The zero-order chi connectivity index (χ0) is 19.4. The zero-order valence-electron chi connectivity index (χ0n) is 16.0. The van der Waals surface area contributed by atoms with Gasteiger partial charge in [0, 0.05) is 11.5 Å². The lowest BCUT2D eigenvalue weighted by Gasteiger charge is -2.29. The number of hydrogen-bond acceptors (Lipinski definition) is 1. The lowest BCUT2D eigenvalue weighted by Crippen LogP contribution is -2.24. The van der Waals surface area contributed by atoms with Crippen molar-refractivity contribution >= 4 is 0 Å². The number of rotatable bonds is 6. The van der Waals surface area contributed by atoms with Gasteiger partial charge in [-0.3, -0.25) is 0 Å². The quantitative estimate of drug-likeness (QED) is 0.539. The molecule has 0 spiro atoms. The van der Waals surface area contributed by atoms with E-state index in [4.69, 9.17) is 4.74 Å². The summed E-state index contributed by atoms with van der Waals surface area (Å²) in [4.78, 5) is 0. The van der Waals surface area contributed by atoms with E-state index in [0.717, 1.165) is 32.1 Å². The van der Waals surface area contributed by atoms with E-state index in [1.54, 1.807) is 24.3 Å². The fourth-order valence-electron chi connectivity index (χ4n) is 3.77. The highest BCUT2D eigenvalue weighted by molar-refractivity contribution is 5.65. The molecule has 1 heterocycles. The van der Waals surface area contributed by atoms with Gasteiger partial charge in [0.25, 0.3) is 0 Å². The SMILES string of the molecule is CCCCc1ccc(-c2ccc(C3CCC(CC)OC3)c(F)c2)c(F)c1F. The van der Waals surface area contributed by atoms with E-state index in [-0.39, 0.29) is 23.4 Å². The van der Waals surface area contributed by atoms with Gasteiger partial charge in [0.05, 0.1) is 12.7 Å². The molecule has 3 rings (SSSR count). The molecule has 2 aromatic carbocycles. The summed E-state index contributed by atoms with van der Waals surface area (Å²) in [7, 11) is 0. The third kappa shape index (κ3) is 4.37. The molecule has 0 saturated carbocycles. The molecule has 1 saturated heterocycles. The van der Waals surface area contributed by atoms with Crippen LogP contribution in [0.25, 0.3) is 11.1 Å². The van der Waals surface area contributed by atoms with Gasteiger partial charge in [0.2, 0.25) is 0 Å². The van der Waals surface area contributed by atoms with Crippen molar-refractivity contribution in [2.24, 2.45) is 0 Å². The number of ether oxygens (including phenoxy) is 1. The maximum absolute atomic E-state index is 14.7. The van der Waals surface area contributed by atoms with Crippen molar-refractivity contribution in [3.05, 3.63) is 58.9 Å². The molecule has 0 N–H and O–H groups in total. The Kier molecular flexibility index (Phi) is 6.59.